The smallest absolute Gasteiger partial charge is 0.168 e. The molecule has 0 bridgehead atoms. The minimum absolute atomic E-state index is 0.0334. The van der Waals surface area contributed by atoms with Crippen LogP contribution in [0.2, 0.25) is 10.0 Å². The van der Waals surface area contributed by atoms with Gasteiger partial charge >= 0.3 is 6.18 Å². The molecule has 2 rings (SSSR count). The lowest BCUT2D eigenvalue weighted by atomic mass is 9.96. The van der Waals surface area contributed by atoms with E-state index in [0.717, 1.165) is 17.7 Å². The molecule has 0 saturated carbocycles. The molecule has 0 aliphatic carbocycles. The van der Waals surface area contributed by atoms with Crippen molar-refractivity contribution in [1.29, 1.82) is 0 Å². The summed E-state index contributed by atoms with van der Waals surface area (Å²) in [4.78, 5) is 0. The van der Waals surface area contributed by atoms with E-state index in [9.17, 15) is 13.2 Å². The van der Waals surface area contributed by atoms with Gasteiger partial charge in [-0.3, -0.25) is 0 Å². The van der Waals surface area contributed by atoms with Gasteiger partial charge in [0.15, 0.2) is 0 Å². The van der Waals surface area contributed by atoms with E-state index in [2.05, 4.69) is 12.6 Å². The number of thiol groups is 1. The largest absolute Gasteiger partial charge is 0.416 e. The van der Waals surface area contributed by atoms with Gasteiger partial charge in [0, 0.05) is 10.3 Å². The summed E-state index contributed by atoms with van der Waals surface area (Å²) in [7, 11) is 0. The number of rotatable bonds is 2. The fourth-order valence-corrected chi connectivity index (χ4v) is 2.91. The standard InChI is InChI=1S/C16H13Cl2F3S/c1-15(2,22)10-5-3-4-9(6-10)14-12(17)7-11(8-13(14)18)16(19,20)21/h3-8,22H,1-2H3. The molecule has 0 nitrogen and oxygen atoms in total. The lowest BCUT2D eigenvalue weighted by Gasteiger charge is -2.19. The van der Waals surface area contributed by atoms with Crippen LogP contribution < -0.4 is 0 Å². The van der Waals surface area contributed by atoms with Gasteiger partial charge in [0.05, 0.1) is 15.6 Å². The van der Waals surface area contributed by atoms with E-state index >= 15 is 0 Å². The highest BCUT2D eigenvalue weighted by molar-refractivity contribution is 7.81. The van der Waals surface area contributed by atoms with Crippen LogP contribution in [0.5, 0.6) is 0 Å². The molecule has 0 aliphatic heterocycles. The molecule has 0 N–H and O–H groups in total. The predicted octanol–water partition coefficient (Wildman–Crippen LogP) is 6.84. The van der Waals surface area contributed by atoms with E-state index < -0.39 is 11.7 Å². The van der Waals surface area contributed by atoms with E-state index in [-0.39, 0.29) is 14.8 Å². The average molecular weight is 365 g/mol. The Labute approximate surface area is 142 Å². The number of hydrogen-bond acceptors (Lipinski definition) is 1. The van der Waals surface area contributed by atoms with E-state index in [1.54, 1.807) is 12.1 Å². The monoisotopic (exact) mass is 364 g/mol. The molecule has 0 heterocycles. The molecule has 2 aromatic carbocycles. The first kappa shape index (κ1) is 17.5. The van der Waals surface area contributed by atoms with Crippen molar-refractivity contribution in [2.24, 2.45) is 0 Å². The Kier molecular flexibility index (Phi) is 4.77. The second-order valence-corrected chi connectivity index (χ2v) is 7.38. The lowest BCUT2D eigenvalue weighted by molar-refractivity contribution is -0.137. The zero-order valence-electron chi connectivity index (χ0n) is 11.8. The van der Waals surface area contributed by atoms with Gasteiger partial charge in [-0.2, -0.15) is 25.8 Å². The lowest BCUT2D eigenvalue weighted by Crippen LogP contribution is -2.07. The van der Waals surface area contributed by atoms with Gasteiger partial charge in [-0.1, -0.05) is 41.4 Å². The normalized spacial score (nSPS) is 12.5. The highest BCUT2D eigenvalue weighted by Gasteiger charge is 2.32. The Balaban J connectivity index is 2.59. The number of benzene rings is 2. The van der Waals surface area contributed by atoms with Crippen LogP contribution in [0.1, 0.15) is 25.0 Å². The number of halogens is 5. The minimum atomic E-state index is -4.49. The van der Waals surface area contributed by atoms with E-state index in [0.29, 0.717) is 11.1 Å². The molecule has 118 valence electrons. The molecule has 0 aromatic heterocycles. The SMILES string of the molecule is CC(C)(S)c1cccc(-c2c(Cl)cc(C(F)(F)F)cc2Cl)c1. The predicted molar refractivity (Wildman–Crippen MR) is 88.9 cm³/mol. The summed E-state index contributed by atoms with van der Waals surface area (Å²) in [5.74, 6) is 0. The molecule has 0 radical (unpaired) electrons. The Morgan fingerprint density at radius 2 is 1.45 bits per heavy atom. The van der Waals surface area contributed by atoms with Crippen molar-refractivity contribution in [3.05, 3.63) is 57.6 Å². The average Bonchev–Trinajstić information content (AvgIpc) is 2.36. The van der Waals surface area contributed by atoms with Crippen LogP contribution in [-0.4, -0.2) is 0 Å². The van der Waals surface area contributed by atoms with Crippen LogP contribution in [-0.2, 0) is 10.9 Å². The molecule has 0 aliphatic rings. The summed E-state index contributed by atoms with van der Waals surface area (Å²) >= 11 is 16.6. The Morgan fingerprint density at radius 3 is 1.91 bits per heavy atom. The fourth-order valence-electron chi connectivity index (χ4n) is 2.07. The molecule has 2 aromatic rings. The molecular formula is C16H13Cl2F3S. The first-order chi connectivity index (χ1) is 10.00. The third-order valence-corrected chi connectivity index (χ3v) is 4.08. The molecule has 22 heavy (non-hydrogen) atoms. The molecule has 0 amide bonds. The molecule has 0 atom stereocenters. The van der Waals surface area contributed by atoms with Gasteiger partial charge in [-0.25, -0.2) is 0 Å². The van der Waals surface area contributed by atoms with Crippen molar-refractivity contribution in [3.63, 3.8) is 0 Å². The topological polar surface area (TPSA) is 0 Å². The summed E-state index contributed by atoms with van der Waals surface area (Å²) in [5.41, 5.74) is 1.09. The zero-order valence-corrected chi connectivity index (χ0v) is 14.2. The zero-order chi connectivity index (χ0) is 16.7. The van der Waals surface area contributed by atoms with Gasteiger partial charge in [-0.15, -0.1) is 0 Å². The molecule has 0 saturated heterocycles. The maximum atomic E-state index is 12.8. The molecule has 0 spiro atoms. The van der Waals surface area contributed by atoms with Gasteiger partial charge in [0.25, 0.3) is 0 Å². The van der Waals surface area contributed by atoms with E-state index in [4.69, 9.17) is 23.2 Å². The van der Waals surface area contributed by atoms with Crippen LogP contribution >= 0.6 is 35.8 Å². The van der Waals surface area contributed by atoms with Crippen molar-refractivity contribution in [2.75, 3.05) is 0 Å². The Bertz CT molecular complexity index is 680. The number of alkyl halides is 3. The van der Waals surface area contributed by atoms with Crippen LogP contribution in [0.15, 0.2) is 36.4 Å². The maximum Gasteiger partial charge on any atom is 0.416 e. The maximum absolute atomic E-state index is 12.8. The van der Waals surface area contributed by atoms with E-state index in [1.807, 2.05) is 26.0 Å². The van der Waals surface area contributed by atoms with Crippen molar-refractivity contribution >= 4 is 35.8 Å². The first-order valence-electron chi connectivity index (χ1n) is 6.39. The second kappa shape index (κ2) is 5.99. The van der Waals surface area contributed by atoms with Gasteiger partial charge < -0.3 is 0 Å². The third kappa shape index (κ3) is 3.73. The Hall–Kier alpha value is -0.840. The van der Waals surface area contributed by atoms with Crippen LogP contribution in [0.3, 0.4) is 0 Å². The second-order valence-electron chi connectivity index (χ2n) is 5.45. The fraction of sp³-hybridized carbons (Fsp3) is 0.250. The summed E-state index contributed by atoms with van der Waals surface area (Å²) in [6, 6.07) is 9.05. The van der Waals surface area contributed by atoms with Crippen LogP contribution in [0, 0.1) is 0 Å². The molecule has 0 unspecified atom stereocenters. The van der Waals surface area contributed by atoms with Gasteiger partial charge in [0.2, 0.25) is 0 Å². The van der Waals surface area contributed by atoms with E-state index in [1.165, 1.54) is 0 Å². The first-order valence-corrected chi connectivity index (χ1v) is 7.60. The highest BCUT2D eigenvalue weighted by Crippen LogP contribution is 2.41. The summed E-state index contributed by atoms with van der Waals surface area (Å²) in [5, 5.41) is -0.0668. The van der Waals surface area contributed by atoms with Crippen molar-refractivity contribution in [1.82, 2.24) is 0 Å². The molecular weight excluding hydrogens is 352 g/mol. The van der Waals surface area contributed by atoms with Gasteiger partial charge in [-0.05, 0) is 43.2 Å². The summed E-state index contributed by atoms with van der Waals surface area (Å²) < 4.78 is 37.9. The van der Waals surface area contributed by atoms with Crippen molar-refractivity contribution in [3.8, 4) is 11.1 Å². The van der Waals surface area contributed by atoms with Crippen LogP contribution in [0.4, 0.5) is 13.2 Å². The van der Waals surface area contributed by atoms with Crippen LogP contribution in [0.25, 0.3) is 11.1 Å². The summed E-state index contributed by atoms with van der Waals surface area (Å²) in [6.07, 6.45) is -4.49. The quantitative estimate of drug-likeness (QED) is 0.553. The van der Waals surface area contributed by atoms with Gasteiger partial charge in [0.1, 0.15) is 0 Å². The molecule has 0 fully saturated rings. The third-order valence-electron chi connectivity index (χ3n) is 3.23. The Morgan fingerprint density at radius 1 is 0.909 bits per heavy atom. The van der Waals surface area contributed by atoms with Crippen molar-refractivity contribution < 1.29 is 13.2 Å². The number of hydrogen-bond donors (Lipinski definition) is 1. The summed E-state index contributed by atoms with van der Waals surface area (Å²) in [6.45, 7) is 3.84. The van der Waals surface area contributed by atoms with Crippen molar-refractivity contribution in [2.45, 2.75) is 24.8 Å². The minimum Gasteiger partial charge on any atom is -0.168 e. The molecule has 6 heteroatoms. The highest BCUT2D eigenvalue weighted by atomic mass is 35.5.